The van der Waals surface area contributed by atoms with Crippen LogP contribution in [0.2, 0.25) is 0 Å². The quantitative estimate of drug-likeness (QED) is 0.702. The minimum absolute atomic E-state index is 0.0681. The second-order valence-corrected chi connectivity index (χ2v) is 4.87. The maximum Gasteiger partial charge on any atom is 0.313 e. The van der Waals surface area contributed by atoms with E-state index in [1.54, 1.807) is 6.20 Å². The number of nitrogens with zero attached hydrogens (tertiary/aromatic N) is 4. The van der Waals surface area contributed by atoms with E-state index in [9.17, 15) is 4.79 Å². The molecule has 7 nitrogen and oxygen atoms in total. The molecule has 100 valence electrons. The minimum Gasteiger partial charge on any atom is -0.481 e. The number of thioether (sulfide) groups is 1. The number of carboxylic acid groups (broad SMARTS) is 1. The molecule has 3 aromatic rings. The number of aromatic nitrogens is 5. The fourth-order valence-corrected chi connectivity index (χ4v) is 2.17. The van der Waals surface area contributed by atoms with E-state index < -0.39 is 5.97 Å². The lowest BCUT2D eigenvalue weighted by Crippen LogP contribution is -1.97. The predicted molar refractivity (Wildman–Crippen MR) is 73.3 cm³/mol. The molecule has 3 aromatic heterocycles. The molecule has 0 atom stereocenters. The molecule has 3 heterocycles. The molecular formula is C12H9N5O2S. The lowest BCUT2D eigenvalue weighted by atomic mass is 10.2. The summed E-state index contributed by atoms with van der Waals surface area (Å²) in [6.45, 7) is 0. The Hall–Kier alpha value is -2.48. The van der Waals surface area contributed by atoms with Crippen molar-refractivity contribution in [2.45, 2.75) is 5.16 Å². The van der Waals surface area contributed by atoms with E-state index in [1.165, 1.54) is 0 Å². The molecule has 0 bridgehead atoms. The smallest absolute Gasteiger partial charge is 0.313 e. The summed E-state index contributed by atoms with van der Waals surface area (Å²) < 4.78 is 0. The molecule has 0 unspecified atom stereocenters. The van der Waals surface area contributed by atoms with Crippen LogP contribution in [0.1, 0.15) is 0 Å². The van der Waals surface area contributed by atoms with E-state index >= 15 is 0 Å². The number of nitrogens with one attached hydrogen (secondary N) is 1. The van der Waals surface area contributed by atoms with Crippen LogP contribution in [0.25, 0.3) is 22.6 Å². The highest BCUT2D eigenvalue weighted by Crippen LogP contribution is 2.19. The Labute approximate surface area is 117 Å². The summed E-state index contributed by atoms with van der Waals surface area (Å²) in [7, 11) is 0. The average Bonchev–Trinajstić information content (AvgIpc) is 2.93. The van der Waals surface area contributed by atoms with Gasteiger partial charge in [0.1, 0.15) is 5.69 Å². The van der Waals surface area contributed by atoms with Crippen molar-refractivity contribution in [2.24, 2.45) is 0 Å². The summed E-state index contributed by atoms with van der Waals surface area (Å²) in [5.41, 5.74) is 1.24. The summed E-state index contributed by atoms with van der Waals surface area (Å²) in [5, 5.41) is 17.8. The van der Waals surface area contributed by atoms with Crippen LogP contribution in [-0.2, 0) is 4.79 Å². The Morgan fingerprint density at radius 1 is 1.30 bits per heavy atom. The molecule has 0 saturated heterocycles. The molecule has 0 spiro atoms. The van der Waals surface area contributed by atoms with Crippen molar-refractivity contribution in [2.75, 3.05) is 5.75 Å². The predicted octanol–water partition coefficient (Wildman–Crippen LogP) is 1.59. The summed E-state index contributed by atoms with van der Waals surface area (Å²) in [6.07, 6.45) is 1.67. The third-order valence-electron chi connectivity index (χ3n) is 2.51. The third-order valence-corrected chi connectivity index (χ3v) is 3.35. The van der Waals surface area contributed by atoms with Gasteiger partial charge in [-0.25, -0.2) is 9.97 Å². The number of hydrogen-bond acceptors (Lipinski definition) is 6. The molecule has 0 amide bonds. The molecule has 0 aromatic carbocycles. The van der Waals surface area contributed by atoms with Gasteiger partial charge in [0.25, 0.3) is 0 Å². The van der Waals surface area contributed by atoms with Crippen LogP contribution in [0, 0.1) is 0 Å². The van der Waals surface area contributed by atoms with E-state index in [0.717, 1.165) is 17.1 Å². The van der Waals surface area contributed by atoms with Crippen molar-refractivity contribution in [3.8, 4) is 11.5 Å². The van der Waals surface area contributed by atoms with Gasteiger partial charge in [0.2, 0.25) is 0 Å². The van der Waals surface area contributed by atoms with Crippen molar-refractivity contribution in [1.82, 2.24) is 25.1 Å². The van der Waals surface area contributed by atoms with Crippen LogP contribution < -0.4 is 0 Å². The van der Waals surface area contributed by atoms with Crippen molar-refractivity contribution in [3.05, 3.63) is 30.5 Å². The molecule has 0 radical (unpaired) electrons. The lowest BCUT2D eigenvalue weighted by molar-refractivity contribution is -0.133. The standard InChI is InChI=1S/C12H9N5O2S/c18-9(19)6-20-12-15-11(16-17-12)8-4-3-7-2-1-5-13-10(7)14-8/h1-5H,6H2,(H,18,19)(H,15,16,17). The first-order chi connectivity index (χ1) is 9.72. The van der Waals surface area contributed by atoms with Crippen molar-refractivity contribution in [1.29, 1.82) is 0 Å². The number of H-pyrrole nitrogens is 1. The number of aliphatic carboxylic acids is 1. The lowest BCUT2D eigenvalue weighted by Gasteiger charge is -1.98. The largest absolute Gasteiger partial charge is 0.481 e. The Bertz CT molecular complexity index is 773. The maximum atomic E-state index is 10.5. The zero-order chi connectivity index (χ0) is 13.9. The number of fused-ring (bicyclic) bond motifs is 1. The van der Waals surface area contributed by atoms with Crippen LogP contribution in [0.3, 0.4) is 0 Å². The molecule has 0 saturated carbocycles. The van der Waals surface area contributed by atoms with Crippen LogP contribution in [0.15, 0.2) is 35.6 Å². The first-order valence-electron chi connectivity index (χ1n) is 5.72. The van der Waals surface area contributed by atoms with E-state index in [4.69, 9.17) is 5.11 Å². The van der Waals surface area contributed by atoms with Gasteiger partial charge < -0.3 is 10.1 Å². The molecule has 0 aliphatic heterocycles. The van der Waals surface area contributed by atoms with Gasteiger partial charge in [-0.1, -0.05) is 11.8 Å². The van der Waals surface area contributed by atoms with E-state index in [-0.39, 0.29) is 5.75 Å². The Morgan fingerprint density at radius 2 is 2.20 bits per heavy atom. The SMILES string of the molecule is O=C(O)CSc1nnc(-c2ccc3cccnc3n2)[nH]1. The number of carbonyl (C=O) groups is 1. The molecule has 0 fully saturated rings. The fraction of sp³-hybridized carbons (Fsp3) is 0.0833. The first kappa shape index (κ1) is 12.5. The Kier molecular flexibility index (Phi) is 3.30. The summed E-state index contributed by atoms with van der Waals surface area (Å²) in [4.78, 5) is 22.0. The summed E-state index contributed by atoms with van der Waals surface area (Å²) in [5.74, 6) is -0.479. The molecule has 20 heavy (non-hydrogen) atoms. The number of hydrogen-bond donors (Lipinski definition) is 2. The Balaban J connectivity index is 1.89. The second kappa shape index (κ2) is 5.25. The van der Waals surface area contributed by atoms with Crippen LogP contribution in [0.5, 0.6) is 0 Å². The third kappa shape index (κ3) is 2.59. The summed E-state index contributed by atoms with van der Waals surface area (Å²) in [6, 6.07) is 7.49. The van der Waals surface area contributed by atoms with Gasteiger partial charge in [-0.05, 0) is 24.3 Å². The number of pyridine rings is 2. The van der Waals surface area contributed by atoms with Crippen molar-refractivity contribution in [3.63, 3.8) is 0 Å². The van der Waals surface area contributed by atoms with Gasteiger partial charge in [-0.2, -0.15) is 0 Å². The average molecular weight is 287 g/mol. The molecule has 3 rings (SSSR count). The van der Waals surface area contributed by atoms with Crippen LogP contribution >= 0.6 is 11.8 Å². The van der Waals surface area contributed by atoms with Crippen LogP contribution in [-0.4, -0.2) is 42.0 Å². The van der Waals surface area contributed by atoms with E-state index in [0.29, 0.717) is 22.3 Å². The molecule has 8 heteroatoms. The molecular weight excluding hydrogens is 278 g/mol. The van der Waals surface area contributed by atoms with Gasteiger partial charge in [-0.15, -0.1) is 10.2 Å². The second-order valence-electron chi connectivity index (χ2n) is 3.91. The topological polar surface area (TPSA) is 105 Å². The molecule has 0 aliphatic carbocycles. The first-order valence-corrected chi connectivity index (χ1v) is 6.70. The monoisotopic (exact) mass is 287 g/mol. The normalized spacial score (nSPS) is 10.8. The zero-order valence-electron chi connectivity index (χ0n) is 10.1. The maximum absolute atomic E-state index is 10.5. The number of rotatable bonds is 4. The van der Waals surface area contributed by atoms with Crippen molar-refractivity contribution >= 4 is 28.8 Å². The minimum atomic E-state index is -0.902. The van der Waals surface area contributed by atoms with Gasteiger partial charge in [0.05, 0.1) is 5.75 Å². The highest BCUT2D eigenvalue weighted by atomic mass is 32.2. The number of carboxylic acids is 1. The van der Waals surface area contributed by atoms with Gasteiger partial charge in [-0.3, -0.25) is 4.79 Å². The Morgan fingerprint density at radius 3 is 3.05 bits per heavy atom. The van der Waals surface area contributed by atoms with Gasteiger partial charge >= 0.3 is 5.97 Å². The summed E-state index contributed by atoms with van der Waals surface area (Å²) >= 11 is 1.08. The van der Waals surface area contributed by atoms with E-state index in [2.05, 4.69) is 25.1 Å². The molecule has 2 N–H and O–H groups in total. The van der Waals surface area contributed by atoms with Crippen LogP contribution in [0.4, 0.5) is 0 Å². The van der Waals surface area contributed by atoms with Gasteiger partial charge in [0.15, 0.2) is 16.6 Å². The number of aromatic amines is 1. The van der Waals surface area contributed by atoms with Gasteiger partial charge in [0, 0.05) is 11.6 Å². The highest BCUT2D eigenvalue weighted by Gasteiger charge is 2.09. The highest BCUT2D eigenvalue weighted by molar-refractivity contribution is 7.99. The fourth-order valence-electron chi connectivity index (χ4n) is 1.64. The zero-order valence-corrected chi connectivity index (χ0v) is 11.0. The van der Waals surface area contributed by atoms with E-state index in [1.807, 2.05) is 24.3 Å². The van der Waals surface area contributed by atoms with Crippen molar-refractivity contribution < 1.29 is 9.90 Å². The molecule has 0 aliphatic rings.